The Morgan fingerprint density at radius 3 is 2.54 bits per heavy atom. The Morgan fingerprint density at radius 2 is 1.92 bits per heavy atom. The lowest BCUT2D eigenvalue weighted by Crippen LogP contribution is -2.50. The lowest BCUT2D eigenvalue weighted by atomic mass is 9.95. The van der Waals surface area contributed by atoms with Crippen molar-refractivity contribution in [1.82, 2.24) is 10.2 Å². The zero-order chi connectivity index (χ0) is 17.5. The number of hydrogen-bond acceptors (Lipinski definition) is 2. The van der Waals surface area contributed by atoms with Crippen LogP contribution in [0.4, 0.5) is 4.39 Å². The predicted octanol–water partition coefficient (Wildman–Crippen LogP) is 3.40. The highest BCUT2D eigenvalue weighted by molar-refractivity contribution is 5.87. The molecule has 0 aromatic heterocycles. The van der Waals surface area contributed by atoms with Crippen molar-refractivity contribution in [2.24, 2.45) is 0 Å². The van der Waals surface area contributed by atoms with Crippen molar-refractivity contribution >= 4 is 11.8 Å². The van der Waals surface area contributed by atoms with Gasteiger partial charge in [0.15, 0.2) is 0 Å². The minimum atomic E-state index is -0.612. The molecule has 1 saturated carbocycles. The van der Waals surface area contributed by atoms with Crippen molar-refractivity contribution in [3.05, 3.63) is 35.6 Å². The van der Waals surface area contributed by atoms with Crippen LogP contribution in [0.5, 0.6) is 0 Å². The van der Waals surface area contributed by atoms with Crippen molar-refractivity contribution in [1.29, 1.82) is 0 Å². The summed E-state index contributed by atoms with van der Waals surface area (Å²) in [5, 5.41) is 3.05. The topological polar surface area (TPSA) is 49.4 Å². The van der Waals surface area contributed by atoms with E-state index in [-0.39, 0.29) is 36.6 Å². The fourth-order valence-electron chi connectivity index (χ4n) is 3.16. The van der Waals surface area contributed by atoms with Crippen molar-refractivity contribution in [3.63, 3.8) is 0 Å². The van der Waals surface area contributed by atoms with Crippen LogP contribution in [0.25, 0.3) is 0 Å². The molecule has 0 radical (unpaired) electrons. The molecule has 0 unspecified atom stereocenters. The zero-order valence-electron chi connectivity index (χ0n) is 14.6. The SMILES string of the molecule is CCC(=O)N(Cc1ccccc1F)[C@H](C)C(=O)NC1CCCCC1. The highest BCUT2D eigenvalue weighted by atomic mass is 19.1. The number of nitrogens with zero attached hydrogens (tertiary/aromatic N) is 1. The predicted molar refractivity (Wildman–Crippen MR) is 91.7 cm³/mol. The molecule has 1 N–H and O–H groups in total. The number of benzene rings is 1. The van der Waals surface area contributed by atoms with Crippen LogP contribution in [0.2, 0.25) is 0 Å². The van der Waals surface area contributed by atoms with E-state index in [9.17, 15) is 14.0 Å². The maximum absolute atomic E-state index is 13.9. The number of hydrogen-bond donors (Lipinski definition) is 1. The summed E-state index contributed by atoms with van der Waals surface area (Å²) in [5.74, 6) is -0.657. The van der Waals surface area contributed by atoms with E-state index in [2.05, 4.69) is 5.32 Å². The van der Waals surface area contributed by atoms with E-state index >= 15 is 0 Å². The van der Waals surface area contributed by atoms with E-state index in [1.807, 2.05) is 0 Å². The molecule has 132 valence electrons. The Balaban J connectivity index is 2.06. The Labute approximate surface area is 143 Å². The first-order chi connectivity index (χ1) is 11.5. The maximum atomic E-state index is 13.9. The van der Waals surface area contributed by atoms with E-state index in [1.54, 1.807) is 32.0 Å². The fourth-order valence-corrected chi connectivity index (χ4v) is 3.16. The molecule has 5 heteroatoms. The summed E-state index contributed by atoms with van der Waals surface area (Å²) in [4.78, 5) is 26.3. The van der Waals surface area contributed by atoms with Crippen molar-refractivity contribution in [2.75, 3.05) is 0 Å². The summed E-state index contributed by atoms with van der Waals surface area (Å²) < 4.78 is 13.9. The van der Waals surface area contributed by atoms with Gasteiger partial charge in [0, 0.05) is 24.6 Å². The second-order valence-corrected chi connectivity index (χ2v) is 6.49. The Morgan fingerprint density at radius 1 is 1.25 bits per heavy atom. The lowest BCUT2D eigenvalue weighted by molar-refractivity contribution is -0.140. The molecular formula is C19H27FN2O2. The Kier molecular flexibility index (Phi) is 6.76. The second kappa shape index (κ2) is 8.81. The molecular weight excluding hydrogens is 307 g/mol. The standard InChI is InChI=1S/C19H27FN2O2/c1-3-18(23)22(13-15-9-7-8-12-17(15)20)14(2)19(24)21-16-10-5-4-6-11-16/h7-9,12,14,16H,3-6,10-11,13H2,1-2H3,(H,21,24)/t14-/m1/s1. The van der Waals surface area contributed by atoms with Crippen LogP contribution in [0.3, 0.4) is 0 Å². The van der Waals surface area contributed by atoms with E-state index < -0.39 is 6.04 Å². The average Bonchev–Trinajstić information content (AvgIpc) is 2.60. The molecule has 1 fully saturated rings. The van der Waals surface area contributed by atoms with Gasteiger partial charge >= 0.3 is 0 Å². The highest BCUT2D eigenvalue weighted by Crippen LogP contribution is 2.18. The number of carbonyl (C=O) groups is 2. The first-order valence-electron chi connectivity index (χ1n) is 8.86. The number of carbonyl (C=O) groups excluding carboxylic acids is 2. The molecule has 1 aromatic rings. The lowest BCUT2D eigenvalue weighted by Gasteiger charge is -2.31. The molecule has 0 heterocycles. The Bertz CT molecular complexity index is 570. The summed E-state index contributed by atoms with van der Waals surface area (Å²) >= 11 is 0. The van der Waals surface area contributed by atoms with Gasteiger partial charge in [-0.05, 0) is 25.8 Å². The summed E-state index contributed by atoms with van der Waals surface area (Å²) in [6.45, 7) is 3.58. The quantitative estimate of drug-likeness (QED) is 0.867. The van der Waals surface area contributed by atoms with Gasteiger partial charge in [0.05, 0.1) is 0 Å². The summed E-state index contributed by atoms with van der Waals surface area (Å²) in [7, 11) is 0. The van der Waals surface area contributed by atoms with Gasteiger partial charge in [-0.25, -0.2) is 4.39 Å². The maximum Gasteiger partial charge on any atom is 0.242 e. The number of amides is 2. The normalized spacial score (nSPS) is 16.5. The minimum absolute atomic E-state index is 0.110. The van der Waals surface area contributed by atoms with Gasteiger partial charge in [-0.1, -0.05) is 44.4 Å². The third-order valence-electron chi connectivity index (χ3n) is 4.72. The molecule has 1 aromatic carbocycles. The van der Waals surface area contributed by atoms with Crippen LogP contribution in [-0.2, 0) is 16.1 Å². The first-order valence-corrected chi connectivity index (χ1v) is 8.86. The van der Waals surface area contributed by atoms with Gasteiger partial charge < -0.3 is 10.2 Å². The largest absolute Gasteiger partial charge is 0.352 e. The number of halogens is 1. The van der Waals surface area contributed by atoms with Gasteiger partial charge in [-0.15, -0.1) is 0 Å². The van der Waals surface area contributed by atoms with Crippen LogP contribution in [0, 0.1) is 5.82 Å². The smallest absolute Gasteiger partial charge is 0.242 e. The van der Waals surface area contributed by atoms with Crippen molar-refractivity contribution in [2.45, 2.75) is 71.0 Å². The van der Waals surface area contributed by atoms with Gasteiger partial charge in [-0.3, -0.25) is 9.59 Å². The molecule has 4 nitrogen and oxygen atoms in total. The third-order valence-corrected chi connectivity index (χ3v) is 4.72. The summed E-state index contributed by atoms with van der Waals surface area (Å²) in [5.41, 5.74) is 0.427. The van der Waals surface area contributed by atoms with Gasteiger partial charge in [-0.2, -0.15) is 0 Å². The highest BCUT2D eigenvalue weighted by Gasteiger charge is 2.27. The van der Waals surface area contributed by atoms with E-state index in [0.717, 1.165) is 25.7 Å². The molecule has 0 bridgehead atoms. The van der Waals surface area contributed by atoms with E-state index in [1.165, 1.54) is 17.4 Å². The molecule has 1 aliphatic rings. The molecule has 1 atom stereocenters. The van der Waals surface area contributed by atoms with Gasteiger partial charge in [0.25, 0.3) is 0 Å². The molecule has 2 amide bonds. The van der Waals surface area contributed by atoms with Crippen LogP contribution in [0.15, 0.2) is 24.3 Å². The number of rotatable bonds is 6. The van der Waals surface area contributed by atoms with Gasteiger partial charge in [0.2, 0.25) is 11.8 Å². The molecule has 24 heavy (non-hydrogen) atoms. The van der Waals surface area contributed by atoms with Crippen LogP contribution in [-0.4, -0.2) is 28.8 Å². The summed E-state index contributed by atoms with van der Waals surface area (Å²) in [6, 6.07) is 5.96. The molecule has 1 aliphatic carbocycles. The van der Waals surface area contributed by atoms with E-state index in [0.29, 0.717) is 5.56 Å². The molecule has 0 spiro atoms. The Hall–Kier alpha value is -1.91. The molecule has 0 aliphatic heterocycles. The fraction of sp³-hybridized carbons (Fsp3) is 0.579. The average molecular weight is 334 g/mol. The van der Waals surface area contributed by atoms with E-state index in [4.69, 9.17) is 0 Å². The zero-order valence-corrected chi connectivity index (χ0v) is 14.6. The minimum Gasteiger partial charge on any atom is -0.352 e. The van der Waals surface area contributed by atoms with Gasteiger partial charge in [0.1, 0.15) is 11.9 Å². The number of nitrogens with one attached hydrogen (secondary N) is 1. The van der Waals surface area contributed by atoms with Crippen molar-refractivity contribution < 1.29 is 14.0 Å². The first kappa shape index (κ1) is 18.4. The van der Waals surface area contributed by atoms with Crippen LogP contribution >= 0.6 is 0 Å². The molecule has 2 rings (SSSR count). The summed E-state index contributed by atoms with van der Waals surface area (Å²) in [6.07, 6.45) is 5.75. The van der Waals surface area contributed by atoms with Crippen molar-refractivity contribution in [3.8, 4) is 0 Å². The van der Waals surface area contributed by atoms with Crippen LogP contribution in [0.1, 0.15) is 57.9 Å². The second-order valence-electron chi connectivity index (χ2n) is 6.49. The monoisotopic (exact) mass is 334 g/mol. The third kappa shape index (κ3) is 4.79. The van der Waals surface area contributed by atoms with Crippen LogP contribution < -0.4 is 5.32 Å². The molecule has 0 saturated heterocycles.